The molecular formula is C15H19NO3. The molecule has 1 atom stereocenters. The maximum Gasteiger partial charge on any atom is 0.303 e. The van der Waals surface area contributed by atoms with E-state index in [1.165, 1.54) is 0 Å². The van der Waals surface area contributed by atoms with Crippen molar-refractivity contribution in [1.29, 1.82) is 0 Å². The van der Waals surface area contributed by atoms with E-state index in [9.17, 15) is 9.59 Å². The van der Waals surface area contributed by atoms with E-state index in [-0.39, 0.29) is 24.7 Å². The first-order valence-corrected chi connectivity index (χ1v) is 6.63. The number of carbonyl (C=O) groups excluding carboxylic acids is 1. The number of rotatable bonds is 6. The maximum absolute atomic E-state index is 11.9. The van der Waals surface area contributed by atoms with Crippen LogP contribution in [-0.2, 0) is 9.59 Å². The van der Waals surface area contributed by atoms with Gasteiger partial charge in [0.1, 0.15) is 0 Å². The quantitative estimate of drug-likeness (QED) is 0.825. The maximum atomic E-state index is 11.9. The molecule has 0 aromatic heterocycles. The minimum absolute atomic E-state index is 0.0110. The normalized spacial score (nSPS) is 15.8. The number of aliphatic carboxylic acids is 1. The molecule has 0 aliphatic heterocycles. The molecule has 1 fully saturated rings. The van der Waals surface area contributed by atoms with Crippen LogP contribution < -0.4 is 5.32 Å². The van der Waals surface area contributed by atoms with Crippen LogP contribution in [0.25, 0.3) is 0 Å². The van der Waals surface area contributed by atoms with Crippen molar-refractivity contribution in [2.24, 2.45) is 0 Å². The predicted octanol–water partition coefficient (Wildman–Crippen LogP) is 2.22. The van der Waals surface area contributed by atoms with E-state index in [1.54, 1.807) is 0 Å². The van der Waals surface area contributed by atoms with Crippen molar-refractivity contribution in [2.75, 3.05) is 0 Å². The van der Waals surface area contributed by atoms with E-state index in [2.05, 4.69) is 5.32 Å². The minimum Gasteiger partial charge on any atom is -0.481 e. The van der Waals surface area contributed by atoms with Crippen LogP contribution in [0.15, 0.2) is 24.3 Å². The highest BCUT2D eigenvalue weighted by Crippen LogP contribution is 2.27. The number of aryl methyl sites for hydroxylation is 1. The average Bonchev–Trinajstić information content (AvgIpc) is 3.12. The number of carbonyl (C=O) groups is 2. The number of nitrogens with one attached hydrogen (secondary N) is 1. The molecule has 4 nitrogen and oxygen atoms in total. The fourth-order valence-corrected chi connectivity index (χ4v) is 2.29. The summed E-state index contributed by atoms with van der Waals surface area (Å²) < 4.78 is 0. The van der Waals surface area contributed by atoms with Crippen LogP contribution in [0.5, 0.6) is 0 Å². The Balaban J connectivity index is 2.08. The zero-order chi connectivity index (χ0) is 13.8. The second-order valence-electron chi connectivity index (χ2n) is 5.20. The lowest BCUT2D eigenvalue weighted by molar-refractivity contribution is -0.137. The summed E-state index contributed by atoms with van der Waals surface area (Å²) in [6.07, 6.45) is 2.32. The lowest BCUT2D eigenvalue weighted by Crippen LogP contribution is -2.27. The van der Waals surface area contributed by atoms with Crippen molar-refractivity contribution < 1.29 is 14.7 Å². The summed E-state index contributed by atoms with van der Waals surface area (Å²) in [5.41, 5.74) is 1.99. The van der Waals surface area contributed by atoms with Gasteiger partial charge in [-0.05, 0) is 30.9 Å². The molecule has 0 spiro atoms. The molecule has 0 heterocycles. The first-order chi connectivity index (χ1) is 9.06. The molecule has 2 rings (SSSR count). The summed E-state index contributed by atoms with van der Waals surface area (Å²) in [5, 5.41) is 11.9. The van der Waals surface area contributed by atoms with Gasteiger partial charge >= 0.3 is 5.97 Å². The molecule has 0 radical (unpaired) electrons. The summed E-state index contributed by atoms with van der Waals surface area (Å²) >= 11 is 0. The van der Waals surface area contributed by atoms with Gasteiger partial charge < -0.3 is 10.4 Å². The van der Waals surface area contributed by atoms with Gasteiger partial charge in [0.15, 0.2) is 0 Å². The molecule has 1 aromatic carbocycles. The van der Waals surface area contributed by atoms with Gasteiger partial charge in [0.05, 0.1) is 6.42 Å². The summed E-state index contributed by atoms with van der Waals surface area (Å²) in [6.45, 7) is 1.95. The van der Waals surface area contributed by atoms with Crippen molar-refractivity contribution in [3.05, 3.63) is 35.4 Å². The number of carboxylic acid groups (broad SMARTS) is 1. The summed E-state index contributed by atoms with van der Waals surface area (Å²) in [4.78, 5) is 22.8. The first-order valence-electron chi connectivity index (χ1n) is 6.63. The van der Waals surface area contributed by atoms with E-state index >= 15 is 0 Å². The smallest absolute Gasteiger partial charge is 0.303 e. The summed E-state index contributed by atoms with van der Waals surface area (Å²) in [7, 11) is 0. The number of hydrogen-bond donors (Lipinski definition) is 2. The van der Waals surface area contributed by atoms with Gasteiger partial charge in [0.2, 0.25) is 5.91 Å². The largest absolute Gasteiger partial charge is 0.481 e. The number of amides is 1. The molecule has 1 amide bonds. The Morgan fingerprint density at radius 2 is 2.00 bits per heavy atom. The van der Waals surface area contributed by atoms with Crippen LogP contribution in [-0.4, -0.2) is 23.0 Å². The Kier molecular flexibility index (Phi) is 4.20. The fraction of sp³-hybridized carbons (Fsp3) is 0.467. The van der Waals surface area contributed by atoms with E-state index in [0.29, 0.717) is 6.04 Å². The highest BCUT2D eigenvalue weighted by atomic mass is 16.4. The van der Waals surface area contributed by atoms with Crippen molar-refractivity contribution >= 4 is 11.9 Å². The number of benzene rings is 1. The van der Waals surface area contributed by atoms with Gasteiger partial charge in [0, 0.05) is 18.4 Å². The second kappa shape index (κ2) is 5.87. The molecule has 0 saturated heterocycles. The molecule has 1 saturated carbocycles. The zero-order valence-corrected chi connectivity index (χ0v) is 11.1. The Labute approximate surface area is 112 Å². The van der Waals surface area contributed by atoms with Crippen LogP contribution in [0.4, 0.5) is 0 Å². The van der Waals surface area contributed by atoms with E-state index in [4.69, 9.17) is 5.11 Å². The van der Waals surface area contributed by atoms with Gasteiger partial charge in [-0.15, -0.1) is 0 Å². The third-order valence-electron chi connectivity index (χ3n) is 3.42. The molecule has 4 heteroatoms. The van der Waals surface area contributed by atoms with Gasteiger partial charge in [-0.25, -0.2) is 0 Å². The molecule has 2 N–H and O–H groups in total. The molecular weight excluding hydrogens is 242 g/mol. The fourth-order valence-electron chi connectivity index (χ4n) is 2.29. The summed E-state index contributed by atoms with van der Waals surface area (Å²) in [5.74, 6) is -1.16. The Morgan fingerprint density at radius 1 is 1.32 bits per heavy atom. The second-order valence-corrected chi connectivity index (χ2v) is 5.20. The zero-order valence-electron chi connectivity index (χ0n) is 11.1. The van der Waals surface area contributed by atoms with Crippen LogP contribution in [0, 0.1) is 6.92 Å². The summed E-state index contributed by atoms with van der Waals surface area (Å²) in [6, 6.07) is 7.97. The molecule has 1 aliphatic carbocycles. The van der Waals surface area contributed by atoms with Crippen molar-refractivity contribution in [3.8, 4) is 0 Å². The standard InChI is InChI=1S/C15H19NO3/c1-10-4-2-3-5-13(10)11(9-15(18)19)8-14(17)16-12-6-7-12/h2-5,11-12H,6-9H2,1H3,(H,16,17)(H,18,19). The van der Waals surface area contributed by atoms with Crippen LogP contribution in [0.3, 0.4) is 0 Å². The van der Waals surface area contributed by atoms with Gasteiger partial charge in [0.25, 0.3) is 0 Å². The highest BCUT2D eigenvalue weighted by Gasteiger charge is 2.26. The van der Waals surface area contributed by atoms with E-state index < -0.39 is 5.97 Å². The van der Waals surface area contributed by atoms with Crippen molar-refractivity contribution in [2.45, 2.75) is 44.6 Å². The van der Waals surface area contributed by atoms with Crippen LogP contribution in [0.2, 0.25) is 0 Å². The molecule has 19 heavy (non-hydrogen) atoms. The Hall–Kier alpha value is -1.84. The lowest BCUT2D eigenvalue weighted by Gasteiger charge is -2.17. The van der Waals surface area contributed by atoms with Gasteiger partial charge in [-0.3, -0.25) is 9.59 Å². The third-order valence-corrected chi connectivity index (χ3v) is 3.42. The molecule has 102 valence electrons. The van der Waals surface area contributed by atoms with Crippen molar-refractivity contribution in [3.63, 3.8) is 0 Å². The number of carboxylic acids is 1. The SMILES string of the molecule is Cc1ccccc1C(CC(=O)O)CC(=O)NC1CC1. The molecule has 1 aliphatic rings. The highest BCUT2D eigenvalue weighted by molar-refractivity contribution is 5.79. The minimum atomic E-state index is -0.868. The topological polar surface area (TPSA) is 66.4 Å². The third kappa shape index (κ3) is 4.09. The Morgan fingerprint density at radius 3 is 2.58 bits per heavy atom. The van der Waals surface area contributed by atoms with Crippen molar-refractivity contribution in [1.82, 2.24) is 5.32 Å². The van der Waals surface area contributed by atoms with Gasteiger partial charge in [-0.1, -0.05) is 24.3 Å². The Bertz CT molecular complexity index is 480. The van der Waals surface area contributed by atoms with Crippen LogP contribution in [0.1, 0.15) is 42.7 Å². The van der Waals surface area contributed by atoms with E-state index in [1.807, 2.05) is 31.2 Å². The van der Waals surface area contributed by atoms with E-state index in [0.717, 1.165) is 24.0 Å². The lowest BCUT2D eigenvalue weighted by atomic mass is 9.89. The molecule has 1 aromatic rings. The molecule has 1 unspecified atom stereocenters. The monoisotopic (exact) mass is 261 g/mol. The van der Waals surface area contributed by atoms with Crippen LogP contribution >= 0.6 is 0 Å². The predicted molar refractivity (Wildman–Crippen MR) is 72.0 cm³/mol. The first kappa shape index (κ1) is 13.6. The number of hydrogen-bond acceptors (Lipinski definition) is 2. The van der Waals surface area contributed by atoms with Gasteiger partial charge in [-0.2, -0.15) is 0 Å². The molecule has 0 bridgehead atoms. The average molecular weight is 261 g/mol.